The van der Waals surface area contributed by atoms with Crippen molar-refractivity contribution in [3.8, 4) is 10.4 Å². The maximum Gasteiger partial charge on any atom is 0.263 e. The summed E-state index contributed by atoms with van der Waals surface area (Å²) in [4.78, 5) is 44.2. The van der Waals surface area contributed by atoms with Crippen LogP contribution in [0.15, 0.2) is 52.9 Å². The van der Waals surface area contributed by atoms with Crippen LogP contribution in [0.4, 0.5) is 10.1 Å². The van der Waals surface area contributed by atoms with Crippen LogP contribution in [0.3, 0.4) is 0 Å². The second kappa shape index (κ2) is 8.78. The third-order valence-corrected chi connectivity index (χ3v) is 6.37. The fourth-order valence-electron chi connectivity index (χ4n) is 2.97. The first-order chi connectivity index (χ1) is 14.9. The Bertz CT molecular complexity index is 1320. The average Bonchev–Trinajstić information content (AvgIpc) is 3.37. The van der Waals surface area contributed by atoms with E-state index in [1.54, 1.807) is 11.3 Å². The lowest BCUT2D eigenvalue weighted by Crippen LogP contribution is -2.37. The summed E-state index contributed by atoms with van der Waals surface area (Å²) in [5.74, 6) is -1.37. The van der Waals surface area contributed by atoms with Crippen LogP contribution in [0.1, 0.15) is 4.88 Å². The van der Waals surface area contributed by atoms with Crippen LogP contribution in [0.2, 0.25) is 0 Å². The van der Waals surface area contributed by atoms with Crippen LogP contribution in [0, 0.1) is 12.7 Å². The molecule has 158 valence electrons. The maximum absolute atomic E-state index is 13.0. The lowest BCUT2D eigenvalue weighted by molar-refractivity contribution is -0.124. The van der Waals surface area contributed by atoms with Crippen LogP contribution < -0.4 is 16.2 Å². The Labute approximate surface area is 184 Å². The molecular formula is C21H17FN4O3S2. The topological polar surface area (TPSA) is 93.1 Å². The first-order valence-corrected chi connectivity index (χ1v) is 11.0. The van der Waals surface area contributed by atoms with E-state index in [2.05, 4.69) is 15.6 Å². The predicted octanol–water partition coefficient (Wildman–Crippen LogP) is 3.39. The van der Waals surface area contributed by atoms with Gasteiger partial charge in [0.2, 0.25) is 11.8 Å². The number of halogens is 1. The summed E-state index contributed by atoms with van der Waals surface area (Å²) in [6, 6.07) is 9.24. The van der Waals surface area contributed by atoms with Gasteiger partial charge in [-0.2, -0.15) is 0 Å². The number of hydrogen-bond acceptors (Lipinski definition) is 6. The third kappa shape index (κ3) is 4.70. The minimum Gasteiger partial charge on any atom is -0.345 e. The standard InChI is InChI=1S/C21H17FN4O3S2/c1-12-2-7-16(31-12)15-10-30-20-19(15)21(29)26(11-24-20)9-18(28)23-8-17(27)25-14-5-3-13(22)4-6-14/h2-7,10-11H,8-9H2,1H3,(H,23,28)(H,25,27). The molecule has 0 aliphatic carbocycles. The monoisotopic (exact) mass is 456 g/mol. The number of fused-ring (bicyclic) bond motifs is 1. The number of nitrogens with one attached hydrogen (secondary N) is 2. The number of carbonyl (C=O) groups excluding carboxylic acids is 2. The number of benzene rings is 1. The molecule has 0 saturated heterocycles. The number of aryl methyl sites for hydroxylation is 1. The average molecular weight is 457 g/mol. The molecule has 0 radical (unpaired) electrons. The molecule has 0 atom stereocenters. The molecule has 1 aromatic carbocycles. The molecule has 0 unspecified atom stereocenters. The van der Waals surface area contributed by atoms with Gasteiger partial charge in [0.15, 0.2) is 0 Å². The van der Waals surface area contributed by atoms with Gasteiger partial charge in [-0.1, -0.05) is 0 Å². The molecule has 0 bridgehead atoms. The van der Waals surface area contributed by atoms with Gasteiger partial charge in [0.1, 0.15) is 17.2 Å². The molecule has 2 N–H and O–H groups in total. The van der Waals surface area contributed by atoms with Crippen molar-refractivity contribution < 1.29 is 14.0 Å². The molecular weight excluding hydrogens is 439 g/mol. The first-order valence-electron chi connectivity index (χ1n) is 9.26. The quantitative estimate of drug-likeness (QED) is 0.465. The molecule has 31 heavy (non-hydrogen) atoms. The highest BCUT2D eigenvalue weighted by molar-refractivity contribution is 7.19. The Balaban J connectivity index is 1.44. The Hall–Kier alpha value is -3.37. The van der Waals surface area contributed by atoms with Gasteiger partial charge < -0.3 is 10.6 Å². The minimum absolute atomic E-state index is 0.260. The zero-order valence-electron chi connectivity index (χ0n) is 16.3. The van der Waals surface area contributed by atoms with Crippen LogP contribution >= 0.6 is 22.7 Å². The summed E-state index contributed by atoms with van der Waals surface area (Å²) in [5, 5.41) is 7.40. The number of carbonyl (C=O) groups is 2. The van der Waals surface area contributed by atoms with Gasteiger partial charge in [-0.25, -0.2) is 9.37 Å². The number of anilines is 1. The number of aromatic nitrogens is 2. The minimum atomic E-state index is -0.499. The highest BCUT2D eigenvalue weighted by atomic mass is 32.1. The maximum atomic E-state index is 13.0. The molecule has 4 aromatic rings. The van der Waals surface area contributed by atoms with E-state index in [0.29, 0.717) is 15.9 Å². The van der Waals surface area contributed by atoms with Crippen molar-refractivity contribution in [1.29, 1.82) is 0 Å². The summed E-state index contributed by atoms with van der Waals surface area (Å²) in [7, 11) is 0. The smallest absolute Gasteiger partial charge is 0.263 e. The largest absolute Gasteiger partial charge is 0.345 e. The van der Waals surface area contributed by atoms with Crippen molar-refractivity contribution >= 4 is 50.4 Å². The van der Waals surface area contributed by atoms with Gasteiger partial charge in [0.05, 0.1) is 18.3 Å². The number of nitrogens with zero attached hydrogens (tertiary/aromatic N) is 2. The SMILES string of the molecule is Cc1ccc(-c2csc3ncn(CC(=O)NCC(=O)Nc4ccc(F)cc4)c(=O)c23)s1. The number of amides is 2. The zero-order valence-corrected chi connectivity index (χ0v) is 18.0. The molecule has 0 saturated carbocycles. The van der Waals surface area contributed by atoms with E-state index in [0.717, 1.165) is 15.3 Å². The molecule has 7 nitrogen and oxygen atoms in total. The van der Waals surface area contributed by atoms with Crippen molar-refractivity contribution in [2.45, 2.75) is 13.5 Å². The Kier molecular flexibility index (Phi) is 5.92. The Morgan fingerprint density at radius 3 is 2.61 bits per heavy atom. The van der Waals surface area contributed by atoms with Gasteiger partial charge in [0.25, 0.3) is 5.56 Å². The van der Waals surface area contributed by atoms with Crippen molar-refractivity contribution in [2.75, 3.05) is 11.9 Å². The normalized spacial score (nSPS) is 10.9. The molecule has 3 heterocycles. The molecule has 0 aliphatic rings. The third-order valence-electron chi connectivity index (χ3n) is 4.45. The van der Waals surface area contributed by atoms with Gasteiger partial charge in [0, 0.05) is 26.4 Å². The molecule has 2 amide bonds. The van der Waals surface area contributed by atoms with Crippen LogP contribution in [0.25, 0.3) is 20.7 Å². The number of hydrogen-bond donors (Lipinski definition) is 2. The molecule has 0 aliphatic heterocycles. The fraction of sp³-hybridized carbons (Fsp3) is 0.143. The summed E-state index contributed by atoms with van der Waals surface area (Å²) >= 11 is 2.97. The number of rotatable bonds is 6. The lowest BCUT2D eigenvalue weighted by atomic mass is 10.2. The summed E-state index contributed by atoms with van der Waals surface area (Å²) in [6.07, 6.45) is 1.34. The van der Waals surface area contributed by atoms with E-state index in [4.69, 9.17) is 0 Å². The van der Waals surface area contributed by atoms with E-state index >= 15 is 0 Å². The molecule has 0 spiro atoms. The zero-order chi connectivity index (χ0) is 22.0. The van der Waals surface area contributed by atoms with Gasteiger partial charge in [-0.05, 0) is 43.3 Å². The van der Waals surface area contributed by atoms with Gasteiger partial charge in [-0.15, -0.1) is 22.7 Å². The predicted molar refractivity (Wildman–Crippen MR) is 120 cm³/mol. The van der Waals surface area contributed by atoms with Crippen molar-refractivity contribution in [1.82, 2.24) is 14.9 Å². The second-order valence-electron chi connectivity index (χ2n) is 6.75. The summed E-state index contributed by atoms with van der Waals surface area (Å²) in [6.45, 7) is 1.46. The van der Waals surface area contributed by atoms with Crippen molar-refractivity contribution in [2.24, 2.45) is 0 Å². The molecule has 4 rings (SSSR count). The Morgan fingerprint density at radius 1 is 1.13 bits per heavy atom. The van der Waals surface area contributed by atoms with Crippen molar-refractivity contribution in [3.05, 3.63) is 69.2 Å². The second-order valence-corrected chi connectivity index (χ2v) is 8.90. The lowest BCUT2D eigenvalue weighted by Gasteiger charge is -2.08. The molecule has 10 heteroatoms. The van der Waals surface area contributed by atoms with Gasteiger partial charge in [-0.3, -0.25) is 19.0 Å². The van der Waals surface area contributed by atoms with E-state index in [9.17, 15) is 18.8 Å². The molecule has 0 fully saturated rings. The number of thiophene rings is 2. The summed E-state index contributed by atoms with van der Waals surface area (Å²) < 4.78 is 14.1. The van der Waals surface area contributed by atoms with Crippen LogP contribution in [0.5, 0.6) is 0 Å². The first kappa shape index (κ1) is 20.9. The highest BCUT2D eigenvalue weighted by Gasteiger charge is 2.16. The summed E-state index contributed by atoms with van der Waals surface area (Å²) in [5.41, 5.74) is 0.919. The van der Waals surface area contributed by atoms with E-state index in [1.807, 2.05) is 24.4 Å². The van der Waals surface area contributed by atoms with E-state index < -0.39 is 17.6 Å². The van der Waals surface area contributed by atoms with E-state index in [1.165, 1.54) is 46.5 Å². The van der Waals surface area contributed by atoms with Crippen LogP contribution in [-0.4, -0.2) is 27.9 Å². The van der Waals surface area contributed by atoms with E-state index in [-0.39, 0.29) is 18.6 Å². The highest BCUT2D eigenvalue weighted by Crippen LogP contribution is 2.34. The Morgan fingerprint density at radius 2 is 1.90 bits per heavy atom. The van der Waals surface area contributed by atoms with Crippen LogP contribution in [-0.2, 0) is 16.1 Å². The fourth-order valence-corrected chi connectivity index (χ4v) is 4.83. The van der Waals surface area contributed by atoms with Gasteiger partial charge >= 0.3 is 0 Å². The van der Waals surface area contributed by atoms with Crippen molar-refractivity contribution in [3.63, 3.8) is 0 Å². The molecule has 3 aromatic heterocycles.